The van der Waals surface area contributed by atoms with Crippen LogP contribution in [0.25, 0.3) is 17.2 Å². The van der Waals surface area contributed by atoms with Gasteiger partial charge in [0, 0.05) is 43.4 Å². The third kappa shape index (κ3) is 6.48. The van der Waals surface area contributed by atoms with Crippen molar-refractivity contribution in [1.82, 2.24) is 9.80 Å². The number of ether oxygens (including phenoxy) is 4. The van der Waals surface area contributed by atoms with E-state index in [9.17, 15) is 9.59 Å². The molecule has 6 rings (SSSR count). The molecule has 4 aliphatic rings. The topological polar surface area (TPSA) is 77.5 Å². The van der Waals surface area contributed by atoms with Gasteiger partial charge >= 0.3 is 0 Å². The number of likely N-dealkylation sites (tertiary alicyclic amines) is 2. The van der Waals surface area contributed by atoms with Crippen molar-refractivity contribution in [1.29, 1.82) is 0 Å². The van der Waals surface area contributed by atoms with E-state index < -0.39 is 0 Å². The largest absolute Gasteiger partial charge is 0.454 e. The molecule has 0 atom stereocenters. The van der Waals surface area contributed by atoms with Gasteiger partial charge in [-0.3, -0.25) is 9.59 Å². The van der Waals surface area contributed by atoms with Crippen molar-refractivity contribution in [3.8, 4) is 34.1 Å². The van der Waals surface area contributed by atoms with E-state index in [-0.39, 0.29) is 25.4 Å². The van der Waals surface area contributed by atoms with E-state index in [1.807, 2.05) is 46.2 Å². The van der Waals surface area contributed by atoms with Crippen LogP contribution in [0.15, 0.2) is 54.6 Å². The van der Waals surface area contributed by atoms with Gasteiger partial charge in [0.15, 0.2) is 23.0 Å². The Balaban J connectivity index is 1.19. The maximum absolute atomic E-state index is 12.5. The van der Waals surface area contributed by atoms with E-state index in [1.54, 1.807) is 18.2 Å². The standard InChI is InChI=1S/C34H38N2O6/c37-31(35-15-7-1-8-16-35)13-5-3-11-25-19-27(33-29(21-25)39-23-41-33)28-20-26(22-30-34(28)42-24-40-30)12-4-6-14-32(38)36-17-9-2-10-18-36/h3,5-6,11,13-14,19-22H,1-2,4,7-10,12,15-18,23-24H2. The third-order valence-corrected chi connectivity index (χ3v) is 8.15. The molecule has 8 nitrogen and oxygen atoms in total. The van der Waals surface area contributed by atoms with Crippen LogP contribution in [0, 0.1) is 0 Å². The summed E-state index contributed by atoms with van der Waals surface area (Å²) in [7, 11) is 0. The Morgan fingerprint density at radius 3 is 1.93 bits per heavy atom. The third-order valence-electron chi connectivity index (χ3n) is 8.15. The number of carbonyl (C=O) groups excluding carboxylic acids is 2. The molecule has 2 aromatic rings. The summed E-state index contributed by atoms with van der Waals surface area (Å²) in [4.78, 5) is 28.8. The van der Waals surface area contributed by atoms with Crippen LogP contribution in [0.2, 0.25) is 0 Å². The molecule has 220 valence electrons. The summed E-state index contributed by atoms with van der Waals surface area (Å²) in [6.07, 6.45) is 19.1. The predicted molar refractivity (Wildman–Crippen MR) is 161 cm³/mol. The summed E-state index contributed by atoms with van der Waals surface area (Å²) in [5.74, 6) is 2.87. The first-order valence-electron chi connectivity index (χ1n) is 15.1. The second kappa shape index (κ2) is 13.2. The molecule has 0 saturated carbocycles. The summed E-state index contributed by atoms with van der Waals surface area (Å²) in [6.45, 7) is 3.68. The molecule has 2 fully saturated rings. The van der Waals surface area contributed by atoms with Crippen LogP contribution in [0.3, 0.4) is 0 Å². The second-order valence-electron chi connectivity index (χ2n) is 11.1. The Kier molecular flexibility index (Phi) is 8.78. The number of piperidine rings is 2. The number of fused-ring (bicyclic) bond motifs is 2. The summed E-state index contributed by atoms with van der Waals surface area (Å²) >= 11 is 0. The molecule has 4 aliphatic heterocycles. The Hall–Kier alpha value is -4.20. The SMILES string of the molecule is O=C(C=CC=Cc1cc2c(c(-c3cc(CCC=CC(=O)N4CCCCC4)cc4c3OCO4)c1)OCO2)N1CCCCC1. The number of benzene rings is 2. The smallest absolute Gasteiger partial charge is 0.246 e. The molecule has 0 aromatic heterocycles. The van der Waals surface area contributed by atoms with Gasteiger partial charge in [0.2, 0.25) is 25.4 Å². The second-order valence-corrected chi connectivity index (χ2v) is 11.1. The van der Waals surface area contributed by atoms with Crippen molar-refractivity contribution in [2.75, 3.05) is 39.8 Å². The first kappa shape index (κ1) is 27.9. The highest BCUT2D eigenvalue weighted by molar-refractivity contribution is 5.88. The van der Waals surface area contributed by atoms with E-state index in [4.69, 9.17) is 18.9 Å². The van der Waals surface area contributed by atoms with Gasteiger partial charge in [0.1, 0.15) is 0 Å². The van der Waals surface area contributed by atoms with Crippen molar-refractivity contribution >= 4 is 17.9 Å². The van der Waals surface area contributed by atoms with Crippen LogP contribution in [-0.4, -0.2) is 61.4 Å². The summed E-state index contributed by atoms with van der Waals surface area (Å²) in [5, 5.41) is 0. The number of hydrogen-bond donors (Lipinski definition) is 0. The lowest BCUT2D eigenvalue weighted by Crippen LogP contribution is -2.34. The molecule has 42 heavy (non-hydrogen) atoms. The quantitative estimate of drug-likeness (QED) is 0.291. The average Bonchev–Trinajstić information content (AvgIpc) is 3.71. The lowest BCUT2D eigenvalue weighted by atomic mass is 9.96. The first-order valence-corrected chi connectivity index (χ1v) is 15.1. The number of amides is 2. The molecule has 0 unspecified atom stereocenters. The molecular weight excluding hydrogens is 532 g/mol. The molecule has 0 spiro atoms. The van der Waals surface area contributed by atoms with Crippen molar-refractivity contribution in [2.45, 2.75) is 51.4 Å². The molecule has 2 saturated heterocycles. The number of aryl methyl sites for hydroxylation is 1. The maximum Gasteiger partial charge on any atom is 0.246 e. The summed E-state index contributed by atoms with van der Waals surface area (Å²) in [6, 6.07) is 8.10. The highest BCUT2D eigenvalue weighted by atomic mass is 16.7. The fourth-order valence-electron chi connectivity index (χ4n) is 5.92. The van der Waals surface area contributed by atoms with E-state index in [2.05, 4.69) is 6.07 Å². The zero-order valence-electron chi connectivity index (χ0n) is 24.0. The Morgan fingerprint density at radius 1 is 0.667 bits per heavy atom. The molecular formula is C34H38N2O6. The lowest BCUT2D eigenvalue weighted by Gasteiger charge is -2.25. The zero-order valence-corrected chi connectivity index (χ0v) is 24.0. The number of rotatable bonds is 8. The number of carbonyl (C=O) groups is 2. The van der Waals surface area contributed by atoms with Crippen molar-refractivity contribution in [3.63, 3.8) is 0 Å². The van der Waals surface area contributed by atoms with Crippen molar-refractivity contribution in [3.05, 3.63) is 65.8 Å². The lowest BCUT2D eigenvalue weighted by molar-refractivity contribution is -0.127. The molecule has 4 heterocycles. The maximum atomic E-state index is 12.5. The molecule has 0 radical (unpaired) electrons. The van der Waals surface area contributed by atoms with Gasteiger partial charge in [-0.1, -0.05) is 24.3 Å². The van der Waals surface area contributed by atoms with Gasteiger partial charge in [0.25, 0.3) is 0 Å². The van der Waals surface area contributed by atoms with E-state index in [1.165, 1.54) is 12.8 Å². The minimum Gasteiger partial charge on any atom is -0.454 e. The molecule has 8 heteroatoms. The molecule has 0 bridgehead atoms. The molecule has 0 aliphatic carbocycles. The minimum atomic E-state index is 0.0564. The van der Waals surface area contributed by atoms with Crippen LogP contribution >= 0.6 is 0 Å². The van der Waals surface area contributed by atoms with E-state index in [0.29, 0.717) is 23.0 Å². The Morgan fingerprint density at radius 2 is 1.26 bits per heavy atom. The van der Waals surface area contributed by atoms with Gasteiger partial charge in [-0.25, -0.2) is 0 Å². The summed E-state index contributed by atoms with van der Waals surface area (Å²) in [5.41, 5.74) is 3.73. The van der Waals surface area contributed by atoms with Gasteiger partial charge in [-0.15, -0.1) is 0 Å². The normalized spacial score (nSPS) is 18.1. The van der Waals surface area contributed by atoms with Crippen LogP contribution in [0.1, 0.15) is 56.1 Å². The van der Waals surface area contributed by atoms with Crippen LogP contribution in [-0.2, 0) is 16.0 Å². The van der Waals surface area contributed by atoms with Crippen LogP contribution in [0.5, 0.6) is 23.0 Å². The van der Waals surface area contributed by atoms with Gasteiger partial charge < -0.3 is 28.7 Å². The Labute approximate surface area is 247 Å². The number of hydrogen-bond acceptors (Lipinski definition) is 6. The number of allylic oxidation sites excluding steroid dienone is 3. The van der Waals surface area contributed by atoms with E-state index in [0.717, 1.165) is 87.0 Å². The Bertz CT molecular complexity index is 1400. The van der Waals surface area contributed by atoms with Gasteiger partial charge in [-0.05, 0) is 92.8 Å². The molecule has 2 aromatic carbocycles. The molecule has 0 N–H and O–H groups in total. The fourth-order valence-corrected chi connectivity index (χ4v) is 5.92. The van der Waals surface area contributed by atoms with E-state index >= 15 is 0 Å². The fraction of sp³-hybridized carbons (Fsp3) is 0.412. The number of nitrogens with zero attached hydrogens (tertiary/aromatic N) is 2. The highest BCUT2D eigenvalue weighted by Gasteiger charge is 2.27. The van der Waals surface area contributed by atoms with Crippen molar-refractivity contribution in [2.24, 2.45) is 0 Å². The minimum absolute atomic E-state index is 0.0564. The predicted octanol–water partition coefficient (Wildman–Crippen LogP) is 5.89. The zero-order chi connectivity index (χ0) is 28.7. The van der Waals surface area contributed by atoms with Crippen LogP contribution < -0.4 is 18.9 Å². The molecule has 2 amide bonds. The average molecular weight is 571 g/mol. The van der Waals surface area contributed by atoms with Gasteiger partial charge in [-0.2, -0.15) is 0 Å². The van der Waals surface area contributed by atoms with Crippen LogP contribution in [0.4, 0.5) is 0 Å². The van der Waals surface area contributed by atoms with Gasteiger partial charge in [0.05, 0.1) is 0 Å². The van der Waals surface area contributed by atoms with Crippen molar-refractivity contribution < 1.29 is 28.5 Å². The summed E-state index contributed by atoms with van der Waals surface area (Å²) < 4.78 is 23.3. The first-order chi connectivity index (χ1) is 20.7. The highest BCUT2D eigenvalue weighted by Crippen LogP contribution is 2.49. The monoisotopic (exact) mass is 570 g/mol.